The van der Waals surface area contributed by atoms with E-state index in [2.05, 4.69) is 342 Å². The summed E-state index contributed by atoms with van der Waals surface area (Å²) in [7, 11) is 0. The molecule has 103 heavy (non-hydrogen) atoms. The lowest BCUT2D eigenvalue weighted by molar-refractivity contribution is 0.444. The highest BCUT2D eigenvalue weighted by molar-refractivity contribution is 7.00. The SMILES string of the molecule is CC(C)(C)c1cc(N2c3cc(C4CCCCC4)ccc3B3c4ccc(C5CCCCC5)cc4N(c4cc(C(C)(C)C)cc(C(C)(C)C)c4)c4cc(-c5cc(-c6cc(-c7ccccc7)cc(-c7ccccc7)c6)nc(-c6cc(-c7ccccc7)cc(-c7ccccc7)c6)n5)cc2c43)cc(C(C)(C)C)c1. The van der Waals surface area contributed by atoms with Crippen molar-refractivity contribution in [1.82, 2.24) is 9.97 Å². The van der Waals surface area contributed by atoms with Crippen molar-refractivity contribution in [2.24, 2.45) is 0 Å². The average molecular weight is 1340 g/mol. The molecule has 2 saturated carbocycles. The van der Waals surface area contributed by atoms with E-state index in [1.165, 1.54) is 148 Å². The zero-order chi connectivity index (χ0) is 71.1. The normalized spacial score (nSPS) is 15.0. The van der Waals surface area contributed by atoms with Crippen molar-refractivity contribution >= 4 is 57.2 Å². The van der Waals surface area contributed by atoms with Crippen LogP contribution in [0.5, 0.6) is 0 Å². The van der Waals surface area contributed by atoms with Gasteiger partial charge in [-0.05, 0) is 244 Å². The largest absolute Gasteiger partial charge is 0.311 e. The van der Waals surface area contributed by atoms with Crippen molar-refractivity contribution in [3.63, 3.8) is 0 Å². The van der Waals surface area contributed by atoms with Gasteiger partial charge in [0.1, 0.15) is 0 Å². The Morgan fingerprint density at radius 2 is 0.592 bits per heavy atom. The predicted octanol–water partition coefficient (Wildman–Crippen LogP) is 25.5. The summed E-state index contributed by atoms with van der Waals surface area (Å²) in [5.41, 5.74) is 32.7. The number of hydrogen-bond donors (Lipinski definition) is 0. The first kappa shape index (κ1) is 67.6. The molecule has 4 nitrogen and oxygen atoms in total. The number of fused-ring (bicyclic) bond motifs is 4. The van der Waals surface area contributed by atoms with Crippen molar-refractivity contribution in [3.8, 4) is 78.4 Å². The summed E-state index contributed by atoms with van der Waals surface area (Å²) in [4.78, 5) is 17.4. The highest BCUT2D eigenvalue weighted by atomic mass is 15.2. The van der Waals surface area contributed by atoms with Crippen LogP contribution in [0.15, 0.2) is 249 Å². The van der Waals surface area contributed by atoms with Gasteiger partial charge in [0.25, 0.3) is 6.71 Å². The third kappa shape index (κ3) is 13.4. The molecule has 0 unspecified atom stereocenters. The molecule has 0 N–H and O–H groups in total. The van der Waals surface area contributed by atoms with Gasteiger partial charge in [-0.25, -0.2) is 9.97 Å². The molecule has 0 radical (unpaired) electrons. The van der Waals surface area contributed by atoms with Gasteiger partial charge in [0.2, 0.25) is 0 Å². The summed E-state index contributed by atoms with van der Waals surface area (Å²) in [5, 5.41) is 0. The van der Waals surface area contributed by atoms with Crippen molar-refractivity contribution in [2.45, 2.75) is 181 Å². The number of nitrogens with zero attached hydrogens (tertiary/aromatic N) is 4. The summed E-state index contributed by atoms with van der Waals surface area (Å²) in [6.07, 6.45) is 12.5. The maximum atomic E-state index is 6.06. The third-order valence-corrected chi connectivity index (χ3v) is 23.0. The Morgan fingerprint density at radius 3 is 0.922 bits per heavy atom. The molecule has 2 fully saturated rings. The quantitative estimate of drug-likeness (QED) is 0.121. The lowest BCUT2D eigenvalue weighted by Crippen LogP contribution is -2.61. The van der Waals surface area contributed by atoms with E-state index in [0.717, 1.165) is 72.6 Å². The molecule has 12 aromatic rings. The van der Waals surface area contributed by atoms with Crippen LogP contribution in [0.1, 0.15) is 193 Å². The first-order valence-electron chi connectivity index (χ1n) is 38.3. The van der Waals surface area contributed by atoms with Gasteiger partial charge in [0.15, 0.2) is 5.82 Å². The Bertz CT molecular complexity index is 4650. The summed E-state index contributed by atoms with van der Waals surface area (Å²) in [6, 6.07) is 95.4. The number of anilines is 6. The molecule has 1 aromatic heterocycles. The zero-order valence-corrected chi connectivity index (χ0v) is 62.8. The first-order chi connectivity index (χ1) is 49.5. The molecule has 0 bridgehead atoms. The van der Waals surface area contributed by atoms with E-state index >= 15 is 0 Å². The van der Waals surface area contributed by atoms with Gasteiger partial charge < -0.3 is 9.80 Å². The maximum absolute atomic E-state index is 6.06. The van der Waals surface area contributed by atoms with Gasteiger partial charge >= 0.3 is 0 Å². The monoisotopic (exact) mass is 1340 g/mol. The van der Waals surface area contributed by atoms with Crippen LogP contribution in [0.2, 0.25) is 0 Å². The highest BCUT2D eigenvalue weighted by Gasteiger charge is 2.45. The standard InChI is InChI=1S/C98H99BN4/c1-95(2,3)79-57-80(96(4,5)6)60-83(59-79)102-89-53-70(64-31-19-13-20-32-64)43-45-85(89)99-86-46-44-71(65-33-21-14-22-34-65)54-90(86)103(84-61-81(97(7,8)9)58-82(62-84)98(10,11)12)92-56-77(55-91(102)93(92)99)88-63-87(76-49-72(66-35-23-15-24-36-66)47-73(50-76)67-37-25-16-26-38-67)100-94(101-88)78-51-74(68-39-27-17-28-40-68)48-75(52-78)69-41-29-18-30-42-69/h15-18,23-30,35-65H,13-14,19-22,31-34H2,1-12H3. The molecule has 0 spiro atoms. The van der Waals surface area contributed by atoms with Gasteiger partial charge in [-0.2, -0.15) is 0 Å². The number of aromatic nitrogens is 2. The second-order valence-corrected chi connectivity index (χ2v) is 34.4. The van der Waals surface area contributed by atoms with Gasteiger partial charge in [-0.15, -0.1) is 0 Å². The fourth-order valence-corrected chi connectivity index (χ4v) is 16.9. The second-order valence-electron chi connectivity index (χ2n) is 34.4. The molecule has 2 aliphatic carbocycles. The fraction of sp³-hybridized carbons (Fsp3) is 0.286. The minimum Gasteiger partial charge on any atom is -0.311 e. The van der Waals surface area contributed by atoms with Crippen molar-refractivity contribution in [2.75, 3.05) is 9.80 Å². The molecule has 0 atom stereocenters. The molecule has 5 heteroatoms. The Morgan fingerprint density at radius 1 is 0.282 bits per heavy atom. The molecule has 0 saturated heterocycles. The van der Waals surface area contributed by atoms with E-state index in [9.17, 15) is 0 Å². The van der Waals surface area contributed by atoms with E-state index in [1.54, 1.807) is 0 Å². The maximum Gasteiger partial charge on any atom is 0.252 e. The van der Waals surface area contributed by atoms with Crippen LogP contribution in [0, 0.1) is 0 Å². The van der Waals surface area contributed by atoms with Gasteiger partial charge in [0.05, 0.1) is 11.4 Å². The molecule has 514 valence electrons. The number of benzene rings is 11. The van der Waals surface area contributed by atoms with Crippen LogP contribution in [-0.2, 0) is 21.7 Å². The molecule has 3 heterocycles. The van der Waals surface area contributed by atoms with E-state index < -0.39 is 0 Å². The zero-order valence-electron chi connectivity index (χ0n) is 62.8. The molecular formula is C98H99BN4. The Kier molecular flexibility index (Phi) is 17.6. The van der Waals surface area contributed by atoms with Gasteiger partial charge in [0, 0.05) is 50.8 Å². The Hall–Kier alpha value is -9.84. The van der Waals surface area contributed by atoms with E-state index in [0.29, 0.717) is 17.7 Å². The van der Waals surface area contributed by atoms with Crippen LogP contribution >= 0.6 is 0 Å². The summed E-state index contributed by atoms with van der Waals surface area (Å²) in [5.74, 6) is 1.66. The smallest absolute Gasteiger partial charge is 0.252 e. The van der Waals surface area contributed by atoms with Gasteiger partial charge in [-0.1, -0.05) is 279 Å². The van der Waals surface area contributed by atoms with Crippen molar-refractivity contribution in [3.05, 3.63) is 282 Å². The lowest BCUT2D eigenvalue weighted by Gasteiger charge is -2.45. The highest BCUT2D eigenvalue weighted by Crippen LogP contribution is 2.51. The second kappa shape index (κ2) is 26.8. The van der Waals surface area contributed by atoms with Crippen LogP contribution in [0.25, 0.3) is 78.4 Å². The molecule has 11 aromatic carbocycles. The van der Waals surface area contributed by atoms with Crippen LogP contribution < -0.4 is 26.2 Å². The van der Waals surface area contributed by atoms with Crippen molar-refractivity contribution < 1.29 is 0 Å². The molecule has 0 amide bonds. The first-order valence-corrected chi connectivity index (χ1v) is 38.3. The third-order valence-electron chi connectivity index (χ3n) is 23.0. The predicted molar refractivity (Wildman–Crippen MR) is 441 cm³/mol. The molecule has 2 aliphatic heterocycles. The van der Waals surface area contributed by atoms with Crippen LogP contribution in [0.4, 0.5) is 34.1 Å². The number of rotatable bonds is 11. The minimum atomic E-state index is -0.138. The van der Waals surface area contributed by atoms with E-state index in [4.69, 9.17) is 9.97 Å². The van der Waals surface area contributed by atoms with Crippen molar-refractivity contribution in [1.29, 1.82) is 0 Å². The van der Waals surface area contributed by atoms with Crippen LogP contribution in [-0.4, -0.2) is 16.7 Å². The molecule has 4 aliphatic rings. The molecular weight excluding hydrogens is 1240 g/mol. The minimum absolute atomic E-state index is 0.0797. The van der Waals surface area contributed by atoms with Crippen LogP contribution in [0.3, 0.4) is 0 Å². The summed E-state index contributed by atoms with van der Waals surface area (Å²) in [6.45, 7) is 28.6. The fourth-order valence-electron chi connectivity index (χ4n) is 16.9. The topological polar surface area (TPSA) is 32.3 Å². The lowest BCUT2D eigenvalue weighted by atomic mass is 9.33. The van der Waals surface area contributed by atoms with E-state index in [1.807, 2.05) is 0 Å². The number of hydrogen-bond acceptors (Lipinski definition) is 4. The Labute approximate surface area is 614 Å². The average Bonchev–Trinajstić information content (AvgIpc) is 0.692. The van der Waals surface area contributed by atoms with Gasteiger partial charge in [-0.3, -0.25) is 0 Å². The summed E-state index contributed by atoms with van der Waals surface area (Å²) < 4.78 is 0. The van der Waals surface area contributed by atoms with E-state index in [-0.39, 0.29) is 28.4 Å². The molecule has 16 rings (SSSR count). The summed E-state index contributed by atoms with van der Waals surface area (Å²) >= 11 is 0. The Balaban J connectivity index is 1.05.